The van der Waals surface area contributed by atoms with Crippen molar-refractivity contribution >= 4 is 46.4 Å². The first-order valence-electron chi connectivity index (χ1n) is 11.4. The van der Waals surface area contributed by atoms with Gasteiger partial charge in [0.2, 0.25) is 5.91 Å². The lowest BCUT2D eigenvalue weighted by atomic mass is 9.97. The minimum atomic E-state index is -0.377. The molecule has 2 heterocycles. The zero-order chi connectivity index (χ0) is 24.8. The summed E-state index contributed by atoms with van der Waals surface area (Å²) in [4.78, 5) is 43.0. The molecule has 1 saturated heterocycles. The van der Waals surface area contributed by atoms with E-state index in [0.29, 0.717) is 29.5 Å². The number of hydrogen-bond donors (Lipinski definition) is 1. The Morgan fingerprint density at radius 1 is 1.09 bits per heavy atom. The number of benzene rings is 2. The summed E-state index contributed by atoms with van der Waals surface area (Å²) in [7, 11) is 1.32. The Morgan fingerprint density at radius 3 is 2.51 bits per heavy atom. The molecule has 0 bridgehead atoms. The van der Waals surface area contributed by atoms with Crippen molar-refractivity contribution in [2.24, 2.45) is 0 Å². The molecule has 1 aliphatic heterocycles. The van der Waals surface area contributed by atoms with Gasteiger partial charge in [0.05, 0.1) is 18.5 Å². The van der Waals surface area contributed by atoms with Crippen LogP contribution in [-0.4, -0.2) is 47.9 Å². The normalized spacial score (nSPS) is 13.9. The zero-order valence-electron chi connectivity index (χ0n) is 19.3. The van der Waals surface area contributed by atoms with Crippen molar-refractivity contribution in [3.8, 4) is 11.1 Å². The van der Waals surface area contributed by atoms with E-state index in [1.807, 2.05) is 48.5 Å². The van der Waals surface area contributed by atoms with Crippen LogP contribution in [0.2, 0.25) is 5.02 Å². The molecule has 0 atom stereocenters. The highest BCUT2D eigenvalue weighted by molar-refractivity contribution is 7.10. The number of carbonyl (C=O) groups excluding carboxylic acids is 3. The number of ether oxygens (including phenoxy) is 1. The quantitative estimate of drug-likeness (QED) is 0.430. The van der Waals surface area contributed by atoms with Gasteiger partial charge in [0, 0.05) is 47.1 Å². The second-order valence-electron chi connectivity index (χ2n) is 8.31. The molecule has 7 nitrogen and oxygen atoms in total. The third-order valence-electron chi connectivity index (χ3n) is 6.05. The van der Waals surface area contributed by atoms with E-state index >= 15 is 0 Å². The highest BCUT2D eigenvalue weighted by Crippen LogP contribution is 2.32. The van der Waals surface area contributed by atoms with Crippen molar-refractivity contribution in [1.29, 1.82) is 0 Å². The number of aromatic nitrogens is 1. The van der Waals surface area contributed by atoms with Gasteiger partial charge in [-0.05, 0) is 36.6 Å². The molecule has 35 heavy (non-hydrogen) atoms. The highest BCUT2D eigenvalue weighted by Gasteiger charge is 2.26. The molecule has 0 unspecified atom stereocenters. The fraction of sp³-hybridized carbons (Fsp3) is 0.308. The van der Waals surface area contributed by atoms with Crippen molar-refractivity contribution in [2.75, 3.05) is 25.5 Å². The first-order valence-corrected chi connectivity index (χ1v) is 12.7. The molecule has 3 aromatic rings. The predicted octanol–water partition coefficient (Wildman–Crippen LogP) is 5.38. The Kier molecular flexibility index (Phi) is 8.15. The van der Waals surface area contributed by atoms with Crippen molar-refractivity contribution < 1.29 is 19.1 Å². The van der Waals surface area contributed by atoms with Gasteiger partial charge in [-0.25, -0.2) is 4.98 Å². The van der Waals surface area contributed by atoms with Crippen LogP contribution in [0.15, 0.2) is 53.9 Å². The SMILES string of the molecule is COC(=O)CCC(=O)N1CCC(c2nc(C(=O)Nc3ccccc3-c3ccc(Cl)cc3)cs2)CC1. The van der Waals surface area contributed by atoms with Gasteiger partial charge in [0.1, 0.15) is 5.69 Å². The van der Waals surface area contributed by atoms with Gasteiger partial charge >= 0.3 is 5.97 Å². The minimum absolute atomic E-state index is 0.0348. The number of nitrogens with one attached hydrogen (secondary N) is 1. The Hall–Kier alpha value is -3.23. The Morgan fingerprint density at radius 2 is 1.80 bits per heavy atom. The lowest BCUT2D eigenvalue weighted by Crippen LogP contribution is -2.38. The summed E-state index contributed by atoms with van der Waals surface area (Å²) >= 11 is 7.48. The average Bonchev–Trinajstić information content (AvgIpc) is 3.39. The number of methoxy groups -OCH3 is 1. The third kappa shape index (κ3) is 6.26. The van der Waals surface area contributed by atoms with E-state index in [9.17, 15) is 14.4 Å². The van der Waals surface area contributed by atoms with Crippen LogP contribution >= 0.6 is 22.9 Å². The van der Waals surface area contributed by atoms with E-state index in [-0.39, 0.29) is 36.5 Å². The van der Waals surface area contributed by atoms with Gasteiger partial charge in [-0.3, -0.25) is 14.4 Å². The number of likely N-dealkylation sites (tertiary alicyclic amines) is 1. The molecule has 182 valence electrons. The van der Waals surface area contributed by atoms with Crippen LogP contribution in [0.4, 0.5) is 5.69 Å². The van der Waals surface area contributed by atoms with Crippen LogP contribution in [0.25, 0.3) is 11.1 Å². The summed E-state index contributed by atoms with van der Waals surface area (Å²) in [6, 6.07) is 15.1. The second-order valence-corrected chi connectivity index (χ2v) is 9.63. The molecule has 2 aromatic carbocycles. The Labute approximate surface area is 213 Å². The van der Waals surface area contributed by atoms with Gasteiger partial charge in [-0.2, -0.15) is 0 Å². The number of anilines is 1. The molecule has 0 aliphatic carbocycles. The van der Waals surface area contributed by atoms with E-state index in [1.54, 1.807) is 10.3 Å². The summed E-state index contributed by atoms with van der Waals surface area (Å²) in [6.45, 7) is 1.22. The summed E-state index contributed by atoms with van der Waals surface area (Å²) in [5.41, 5.74) is 2.94. The largest absolute Gasteiger partial charge is 0.469 e. The van der Waals surface area contributed by atoms with Crippen LogP contribution in [0, 0.1) is 0 Å². The number of rotatable bonds is 7. The van der Waals surface area contributed by atoms with Gasteiger partial charge in [-0.1, -0.05) is 41.9 Å². The standard InChI is InChI=1S/C26H26ClN3O4S/c1-34-24(32)11-10-23(31)30-14-12-18(13-15-30)26-29-22(16-35-26)25(33)28-21-5-3-2-4-20(21)17-6-8-19(27)9-7-17/h2-9,16,18H,10-15H2,1H3,(H,28,33). The molecule has 1 fully saturated rings. The van der Waals surface area contributed by atoms with Crippen molar-refractivity contribution in [2.45, 2.75) is 31.6 Å². The average molecular weight is 512 g/mol. The monoisotopic (exact) mass is 511 g/mol. The fourth-order valence-electron chi connectivity index (χ4n) is 4.08. The van der Waals surface area contributed by atoms with Crippen LogP contribution < -0.4 is 5.32 Å². The highest BCUT2D eigenvalue weighted by atomic mass is 35.5. The Balaban J connectivity index is 1.36. The lowest BCUT2D eigenvalue weighted by molar-refractivity contribution is -0.143. The smallest absolute Gasteiger partial charge is 0.306 e. The second kappa shape index (κ2) is 11.5. The molecule has 0 spiro atoms. The van der Waals surface area contributed by atoms with Gasteiger partial charge in [0.15, 0.2) is 0 Å². The van der Waals surface area contributed by atoms with E-state index < -0.39 is 0 Å². The maximum atomic E-state index is 13.0. The van der Waals surface area contributed by atoms with E-state index in [4.69, 9.17) is 11.6 Å². The first-order chi connectivity index (χ1) is 16.9. The maximum Gasteiger partial charge on any atom is 0.306 e. The maximum absolute atomic E-state index is 13.0. The zero-order valence-corrected chi connectivity index (χ0v) is 20.9. The van der Waals surface area contributed by atoms with Crippen LogP contribution in [0.3, 0.4) is 0 Å². The molecular formula is C26H26ClN3O4S. The number of nitrogens with zero attached hydrogens (tertiary/aromatic N) is 2. The number of carbonyl (C=O) groups is 3. The minimum Gasteiger partial charge on any atom is -0.469 e. The number of amides is 2. The van der Waals surface area contributed by atoms with Gasteiger partial charge in [-0.15, -0.1) is 11.3 Å². The van der Waals surface area contributed by atoms with Crippen LogP contribution in [0.5, 0.6) is 0 Å². The Bertz CT molecular complexity index is 1200. The van der Waals surface area contributed by atoms with Crippen LogP contribution in [-0.2, 0) is 14.3 Å². The lowest BCUT2D eigenvalue weighted by Gasteiger charge is -2.31. The van der Waals surface area contributed by atoms with Crippen LogP contribution in [0.1, 0.15) is 47.1 Å². The molecule has 0 saturated carbocycles. The number of esters is 1. The molecular weight excluding hydrogens is 486 g/mol. The summed E-state index contributed by atoms with van der Waals surface area (Å²) in [5, 5.41) is 6.33. The number of thiazole rings is 1. The van der Waals surface area contributed by atoms with Crippen molar-refractivity contribution in [3.05, 3.63) is 69.6 Å². The number of halogens is 1. The van der Waals surface area contributed by atoms with Gasteiger partial charge < -0.3 is 15.0 Å². The molecule has 4 rings (SSSR count). The van der Waals surface area contributed by atoms with E-state index in [0.717, 1.165) is 29.0 Å². The third-order valence-corrected chi connectivity index (χ3v) is 7.31. The number of piperidine rings is 1. The molecule has 1 aromatic heterocycles. The summed E-state index contributed by atoms with van der Waals surface area (Å²) in [5.74, 6) is -0.470. The topological polar surface area (TPSA) is 88.6 Å². The number of hydrogen-bond acceptors (Lipinski definition) is 6. The van der Waals surface area contributed by atoms with Gasteiger partial charge in [0.25, 0.3) is 5.91 Å². The molecule has 0 radical (unpaired) electrons. The van der Waals surface area contributed by atoms with Crippen molar-refractivity contribution in [3.63, 3.8) is 0 Å². The fourth-order valence-corrected chi connectivity index (χ4v) is 5.18. The first kappa shape index (κ1) is 24.9. The molecule has 2 amide bonds. The molecule has 1 aliphatic rings. The summed E-state index contributed by atoms with van der Waals surface area (Å²) in [6.07, 6.45) is 1.81. The molecule has 9 heteroatoms. The summed E-state index contributed by atoms with van der Waals surface area (Å²) < 4.78 is 4.60. The van der Waals surface area contributed by atoms with E-state index in [2.05, 4.69) is 15.0 Å². The van der Waals surface area contributed by atoms with E-state index in [1.165, 1.54) is 18.4 Å². The number of para-hydroxylation sites is 1. The predicted molar refractivity (Wildman–Crippen MR) is 137 cm³/mol. The van der Waals surface area contributed by atoms with Crippen molar-refractivity contribution in [1.82, 2.24) is 9.88 Å². The molecule has 1 N–H and O–H groups in total.